The predicted octanol–water partition coefficient (Wildman–Crippen LogP) is 3.40. The Balaban J connectivity index is 0.00000261. The molecule has 0 aliphatic carbocycles. The molecule has 1 aliphatic rings. The van der Waals surface area contributed by atoms with E-state index in [1.54, 1.807) is 11.3 Å². The number of hydrogen-bond acceptors (Lipinski definition) is 4. The zero-order valence-corrected chi connectivity index (χ0v) is 19.0. The van der Waals surface area contributed by atoms with Crippen LogP contribution in [-0.2, 0) is 12.8 Å². The number of aromatic nitrogens is 1. The molecule has 1 N–H and O–H groups in total. The quantitative estimate of drug-likeness (QED) is 0.386. The van der Waals surface area contributed by atoms with Gasteiger partial charge in [-0.1, -0.05) is 6.92 Å². The van der Waals surface area contributed by atoms with Gasteiger partial charge in [-0.2, -0.15) is 0 Å². The summed E-state index contributed by atoms with van der Waals surface area (Å²) in [5.41, 5.74) is 2.22. The number of benzene rings is 1. The Morgan fingerprint density at radius 1 is 1.22 bits per heavy atom. The Bertz CT molecular complexity index is 726. The third-order valence-corrected chi connectivity index (χ3v) is 5.59. The second kappa shape index (κ2) is 10.8. The van der Waals surface area contributed by atoms with Crippen LogP contribution in [0.25, 0.3) is 0 Å². The second-order valence-corrected chi connectivity index (χ2v) is 7.20. The molecule has 2 aromatic rings. The number of rotatable bonds is 5. The maximum atomic E-state index is 13.1. The average molecular weight is 503 g/mol. The van der Waals surface area contributed by atoms with Gasteiger partial charge in [-0.3, -0.25) is 4.99 Å². The van der Waals surface area contributed by atoms with Crippen LogP contribution in [0.5, 0.6) is 0 Å². The first-order valence-corrected chi connectivity index (χ1v) is 9.97. The van der Waals surface area contributed by atoms with E-state index in [4.69, 9.17) is 0 Å². The van der Waals surface area contributed by atoms with E-state index >= 15 is 0 Å². The van der Waals surface area contributed by atoms with Crippen molar-refractivity contribution in [2.24, 2.45) is 4.99 Å². The van der Waals surface area contributed by atoms with E-state index < -0.39 is 0 Å². The molecule has 2 heterocycles. The molecule has 0 amide bonds. The second-order valence-electron chi connectivity index (χ2n) is 6.26. The molecule has 0 bridgehead atoms. The van der Waals surface area contributed by atoms with E-state index in [1.165, 1.54) is 17.1 Å². The highest BCUT2D eigenvalue weighted by molar-refractivity contribution is 14.0. The molecule has 5 nitrogen and oxygen atoms in total. The first-order chi connectivity index (χ1) is 12.7. The summed E-state index contributed by atoms with van der Waals surface area (Å²) in [4.78, 5) is 13.6. The van der Waals surface area contributed by atoms with E-state index in [0.29, 0.717) is 0 Å². The van der Waals surface area contributed by atoms with Crippen LogP contribution in [-0.4, -0.2) is 55.6 Å². The normalized spacial score (nSPS) is 14.9. The van der Waals surface area contributed by atoms with Crippen molar-refractivity contribution in [2.45, 2.75) is 19.8 Å². The SMILES string of the molecule is CCc1nc(CCNC(=NC)N2CCN(c3ccc(F)cc3)CC2)cs1.I. The number of guanidine groups is 1. The third-order valence-electron chi connectivity index (χ3n) is 4.55. The maximum Gasteiger partial charge on any atom is 0.193 e. The minimum Gasteiger partial charge on any atom is -0.368 e. The molecule has 1 aromatic carbocycles. The summed E-state index contributed by atoms with van der Waals surface area (Å²) in [5, 5.41) is 6.79. The highest BCUT2D eigenvalue weighted by atomic mass is 127. The maximum absolute atomic E-state index is 13.1. The Morgan fingerprint density at radius 3 is 2.52 bits per heavy atom. The Kier molecular flexibility index (Phi) is 8.75. The highest BCUT2D eigenvalue weighted by Gasteiger charge is 2.19. The molecule has 148 valence electrons. The van der Waals surface area contributed by atoms with Gasteiger partial charge in [-0.05, 0) is 30.7 Å². The number of anilines is 1. The number of nitrogens with zero attached hydrogens (tertiary/aromatic N) is 4. The summed E-state index contributed by atoms with van der Waals surface area (Å²) in [7, 11) is 1.83. The summed E-state index contributed by atoms with van der Waals surface area (Å²) in [6.45, 7) is 6.56. The van der Waals surface area contributed by atoms with Crippen LogP contribution < -0.4 is 10.2 Å². The molecule has 1 aromatic heterocycles. The fourth-order valence-corrected chi connectivity index (χ4v) is 3.87. The minimum absolute atomic E-state index is 0. The van der Waals surface area contributed by atoms with Crippen LogP contribution >= 0.6 is 35.3 Å². The van der Waals surface area contributed by atoms with Crippen molar-refractivity contribution in [3.05, 3.63) is 46.2 Å². The molecule has 0 unspecified atom stereocenters. The minimum atomic E-state index is -0.192. The van der Waals surface area contributed by atoms with Gasteiger partial charge in [-0.25, -0.2) is 9.37 Å². The fourth-order valence-electron chi connectivity index (χ4n) is 3.09. The van der Waals surface area contributed by atoms with Crippen molar-refractivity contribution in [1.29, 1.82) is 0 Å². The van der Waals surface area contributed by atoms with E-state index in [-0.39, 0.29) is 29.8 Å². The predicted molar refractivity (Wildman–Crippen MR) is 122 cm³/mol. The number of thiazole rings is 1. The Labute approximate surface area is 181 Å². The van der Waals surface area contributed by atoms with Crippen molar-refractivity contribution in [3.63, 3.8) is 0 Å². The van der Waals surface area contributed by atoms with Gasteiger partial charge in [0.1, 0.15) is 5.82 Å². The summed E-state index contributed by atoms with van der Waals surface area (Å²) in [5.74, 6) is 0.748. The van der Waals surface area contributed by atoms with Gasteiger partial charge in [0.25, 0.3) is 0 Å². The number of halogens is 2. The molecule has 1 saturated heterocycles. The lowest BCUT2D eigenvalue weighted by Gasteiger charge is -2.37. The highest BCUT2D eigenvalue weighted by Crippen LogP contribution is 2.17. The topological polar surface area (TPSA) is 43.8 Å². The van der Waals surface area contributed by atoms with Gasteiger partial charge >= 0.3 is 0 Å². The Hall–Kier alpha value is -1.42. The molecule has 1 fully saturated rings. The van der Waals surface area contributed by atoms with E-state index in [0.717, 1.165) is 62.9 Å². The lowest BCUT2D eigenvalue weighted by atomic mass is 10.2. The van der Waals surface area contributed by atoms with Crippen LogP contribution in [0.15, 0.2) is 34.6 Å². The van der Waals surface area contributed by atoms with Crippen LogP contribution in [0, 0.1) is 5.82 Å². The van der Waals surface area contributed by atoms with Crippen molar-refractivity contribution >= 4 is 47.0 Å². The standard InChI is InChI=1S/C19H26FN5S.HI/c1-3-18-23-16(14-26-18)8-9-22-19(21-2)25-12-10-24(11-13-25)17-6-4-15(20)5-7-17;/h4-7,14H,3,8-13H2,1-2H3,(H,21,22);1H. The van der Waals surface area contributed by atoms with Gasteiger partial charge in [0.05, 0.1) is 10.7 Å². The number of piperazine rings is 1. The van der Waals surface area contributed by atoms with E-state index in [1.807, 2.05) is 19.2 Å². The molecule has 0 radical (unpaired) electrons. The third kappa shape index (κ3) is 6.03. The van der Waals surface area contributed by atoms with E-state index in [2.05, 4.69) is 37.4 Å². The lowest BCUT2D eigenvalue weighted by Crippen LogP contribution is -2.52. The summed E-state index contributed by atoms with van der Waals surface area (Å²) in [6, 6.07) is 6.72. The first-order valence-electron chi connectivity index (χ1n) is 9.09. The van der Waals surface area contributed by atoms with Crippen LogP contribution in [0.2, 0.25) is 0 Å². The van der Waals surface area contributed by atoms with Crippen molar-refractivity contribution in [2.75, 3.05) is 44.7 Å². The molecule has 0 spiro atoms. The number of nitrogens with one attached hydrogen (secondary N) is 1. The molecular weight excluding hydrogens is 476 g/mol. The van der Waals surface area contributed by atoms with E-state index in [9.17, 15) is 4.39 Å². The van der Waals surface area contributed by atoms with Crippen molar-refractivity contribution in [3.8, 4) is 0 Å². The zero-order valence-electron chi connectivity index (χ0n) is 15.8. The number of aryl methyl sites for hydroxylation is 1. The zero-order chi connectivity index (χ0) is 18.4. The van der Waals surface area contributed by atoms with Gasteiger partial charge in [0, 0.05) is 57.3 Å². The average Bonchev–Trinajstić information content (AvgIpc) is 3.14. The smallest absolute Gasteiger partial charge is 0.193 e. The summed E-state index contributed by atoms with van der Waals surface area (Å²) >= 11 is 1.73. The van der Waals surface area contributed by atoms with Crippen molar-refractivity contribution in [1.82, 2.24) is 15.2 Å². The monoisotopic (exact) mass is 503 g/mol. The lowest BCUT2D eigenvalue weighted by molar-refractivity contribution is 0.373. The number of aliphatic imine (C=N–C) groups is 1. The molecule has 1 aliphatic heterocycles. The Morgan fingerprint density at radius 2 is 1.93 bits per heavy atom. The summed E-state index contributed by atoms with van der Waals surface area (Å²) < 4.78 is 13.1. The largest absolute Gasteiger partial charge is 0.368 e. The van der Waals surface area contributed by atoms with Crippen molar-refractivity contribution < 1.29 is 4.39 Å². The molecular formula is C19H27FIN5S. The van der Waals surface area contributed by atoms with Gasteiger partial charge in [0.15, 0.2) is 5.96 Å². The van der Waals surface area contributed by atoms with Crippen LogP contribution in [0.4, 0.5) is 10.1 Å². The van der Waals surface area contributed by atoms with Gasteiger partial charge in [0.2, 0.25) is 0 Å². The van der Waals surface area contributed by atoms with Crippen LogP contribution in [0.3, 0.4) is 0 Å². The molecule has 8 heteroatoms. The van der Waals surface area contributed by atoms with Crippen LogP contribution in [0.1, 0.15) is 17.6 Å². The first kappa shape index (κ1) is 21.9. The molecule has 0 saturated carbocycles. The van der Waals surface area contributed by atoms with Gasteiger partial charge < -0.3 is 15.1 Å². The summed E-state index contributed by atoms with van der Waals surface area (Å²) in [6.07, 6.45) is 1.91. The fraction of sp³-hybridized carbons (Fsp3) is 0.474. The molecule has 0 atom stereocenters. The molecule has 3 rings (SSSR count). The number of hydrogen-bond donors (Lipinski definition) is 1. The van der Waals surface area contributed by atoms with Gasteiger partial charge in [-0.15, -0.1) is 35.3 Å². The molecule has 27 heavy (non-hydrogen) atoms.